The Morgan fingerprint density at radius 3 is 2.36 bits per heavy atom. The first kappa shape index (κ1) is 18.8. The van der Waals surface area contributed by atoms with E-state index in [9.17, 15) is 9.59 Å². The highest BCUT2D eigenvalue weighted by atomic mass is 16.6. The quantitative estimate of drug-likeness (QED) is 0.701. The molecule has 1 unspecified atom stereocenters. The first-order valence-electron chi connectivity index (χ1n) is 8.30. The molecule has 0 saturated carbocycles. The van der Waals surface area contributed by atoms with E-state index in [-0.39, 0.29) is 18.2 Å². The van der Waals surface area contributed by atoms with Gasteiger partial charge < -0.3 is 14.4 Å². The van der Waals surface area contributed by atoms with Crippen molar-refractivity contribution in [3.63, 3.8) is 0 Å². The van der Waals surface area contributed by atoms with Crippen LogP contribution in [0.15, 0.2) is 0 Å². The standard InChI is InChI=1S/C17H31NO4/c1-7-10-17(5,6)22-15(20)18-11-9-13(12-18)21-14(19)16(3,4)8-2/h13H,7-12H2,1-6H3. The van der Waals surface area contributed by atoms with Gasteiger partial charge in [-0.25, -0.2) is 4.79 Å². The smallest absolute Gasteiger partial charge is 0.410 e. The summed E-state index contributed by atoms with van der Waals surface area (Å²) in [5.41, 5.74) is -0.929. The molecule has 5 heteroatoms. The summed E-state index contributed by atoms with van der Waals surface area (Å²) in [4.78, 5) is 25.9. The van der Waals surface area contributed by atoms with Crippen molar-refractivity contribution in [3.8, 4) is 0 Å². The van der Waals surface area contributed by atoms with E-state index in [1.165, 1.54) is 0 Å². The molecule has 0 N–H and O–H groups in total. The summed E-state index contributed by atoms with van der Waals surface area (Å²) >= 11 is 0. The van der Waals surface area contributed by atoms with Gasteiger partial charge in [0.05, 0.1) is 12.0 Å². The van der Waals surface area contributed by atoms with E-state index in [1.54, 1.807) is 4.90 Å². The molecular formula is C17H31NO4. The van der Waals surface area contributed by atoms with Crippen LogP contribution in [0, 0.1) is 5.41 Å². The topological polar surface area (TPSA) is 55.8 Å². The summed E-state index contributed by atoms with van der Waals surface area (Å²) in [5, 5.41) is 0. The van der Waals surface area contributed by atoms with Gasteiger partial charge in [-0.15, -0.1) is 0 Å². The van der Waals surface area contributed by atoms with Crippen LogP contribution >= 0.6 is 0 Å². The molecule has 0 aromatic rings. The van der Waals surface area contributed by atoms with Gasteiger partial charge in [-0.05, 0) is 40.5 Å². The Bertz CT molecular complexity index is 403. The highest BCUT2D eigenvalue weighted by Gasteiger charge is 2.35. The van der Waals surface area contributed by atoms with Crippen molar-refractivity contribution in [2.75, 3.05) is 13.1 Å². The van der Waals surface area contributed by atoms with E-state index in [1.807, 2.05) is 34.6 Å². The number of rotatable bonds is 6. The summed E-state index contributed by atoms with van der Waals surface area (Å²) < 4.78 is 11.1. The van der Waals surface area contributed by atoms with Gasteiger partial charge in [0.1, 0.15) is 11.7 Å². The van der Waals surface area contributed by atoms with Crippen LogP contribution in [-0.4, -0.2) is 41.8 Å². The van der Waals surface area contributed by atoms with Gasteiger partial charge in [-0.3, -0.25) is 4.79 Å². The number of carbonyl (C=O) groups is 2. The van der Waals surface area contributed by atoms with Crippen LogP contribution in [-0.2, 0) is 14.3 Å². The third-order valence-corrected chi connectivity index (χ3v) is 4.33. The summed E-state index contributed by atoms with van der Waals surface area (Å²) in [6.45, 7) is 12.6. The van der Waals surface area contributed by atoms with E-state index in [0.29, 0.717) is 19.5 Å². The average molecular weight is 313 g/mol. The monoisotopic (exact) mass is 313 g/mol. The summed E-state index contributed by atoms with van der Waals surface area (Å²) in [6, 6.07) is 0. The maximum atomic E-state index is 12.2. The molecule has 1 amide bonds. The van der Waals surface area contributed by atoms with Crippen LogP contribution in [0.2, 0.25) is 0 Å². The molecule has 0 aromatic carbocycles. The number of esters is 1. The minimum Gasteiger partial charge on any atom is -0.460 e. The fourth-order valence-corrected chi connectivity index (χ4v) is 2.40. The van der Waals surface area contributed by atoms with E-state index in [2.05, 4.69) is 6.92 Å². The minimum atomic E-state index is -0.475. The lowest BCUT2D eigenvalue weighted by atomic mass is 9.90. The van der Waals surface area contributed by atoms with Gasteiger partial charge in [0.15, 0.2) is 0 Å². The normalized spacial score (nSPS) is 19.2. The van der Waals surface area contributed by atoms with Crippen molar-refractivity contribution >= 4 is 12.1 Å². The van der Waals surface area contributed by atoms with Crippen LogP contribution < -0.4 is 0 Å². The molecule has 1 aliphatic rings. The van der Waals surface area contributed by atoms with Gasteiger partial charge in [-0.1, -0.05) is 20.3 Å². The number of hydrogen-bond acceptors (Lipinski definition) is 4. The predicted molar refractivity (Wildman–Crippen MR) is 85.6 cm³/mol. The van der Waals surface area contributed by atoms with Crippen LogP contribution in [0.5, 0.6) is 0 Å². The van der Waals surface area contributed by atoms with Gasteiger partial charge >= 0.3 is 12.1 Å². The van der Waals surface area contributed by atoms with Gasteiger partial charge in [-0.2, -0.15) is 0 Å². The molecule has 5 nitrogen and oxygen atoms in total. The molecule has 0 aromatic heterocycles. The number of carbonyl (C=O) groups excluding carboxylic acids is 2. The average Bonchev–Trinajstić information content (AvgIpc) is 2.86. The van der Waals surface area contributed by atoms with Crippen molar-refractivity contribution in [1.82, 2.24) is 4.90 Å². The van der Waals surface area contributed by atoms with E-state index in [4.69, 9.17) is 9.47 Å². The maximum Gasteiger partial charge on any atom is 0.410 e. The zero-order chi connectivity index (χ0) is 17.0. The van der Waals surface area contributed by atoms with E-state index in [0.717, 1.165) is 19.3 Å². The lowest BCUT2D eigenvalue weighted by Crippen LogP contribution is -2.38. The summed E-state index contributed by atoms with van der Waals surface area (Å²) in [7, 11) is 0. The van der Waals surface area contributed by atoms with Crippen molar-refractivity contribution in [2.24, 2.45) is 5.41 Å². The lowest BCUT2D eigenvalue weighted by molar-refractivity contribution is -0.159. The zero-order valence-electron chi connectivity index (χ0n) is 14.9. The highest BCUT2D eigenvalue weighted by Crippen LogP contribution is 2.25. The van der Waals surface area contributed by atoms with Crippen molar-refractivity contribution in [3.05, 3.63) is 0 Å². The molecule has 0 bridgehead atoms. The second kappa shape index (κ2) is 7.34. The molecule has 128 valence electrons. The number of amides is 1. The van der Waals surface area contributed by atoms with Crippen LogP contribution in [0.1, 0.15) is 67.2 Å². The first-order chi connectivity index (χ1) is 10.1. The Morgan fingerprint density at radius 1 is 1.18 bits per heavy atom. The Morgan fingerprint density at radius 2 is 1.82 bits per heavy atom. The van der Waals surface area contributed by atoms with Gasteiger partial charge in [0.25, 0.3) is 0 Å². The Labute approximate surface area is 134 Å². The third-order valence-electron chi connectivity index (χ3n) is 4.33. The fourth-order valence-electron chi connectivity index (χ4n) is 2.40. The van der Waals surface area contributed by atoms with Crippen molar-refractivity contribution in [2.45, 2.75) is 78.9 Å². The van der Waals surface area contributed by atoms with Crippen molar-refractivity contribution in [1.29, 1.82) is 0 Å². The van der Waals surface area contributed by atoms with E-state index < -0.39 is 11.0 Å². The highest BCUT2D eigenvalue weighted by molar-refractivity contribution is 5.76. The molecule has 22 heavy (non-hydrogen) atoms. The first-order valence-corrected chi connectivity index (χ1v) is 8.30. The van der Waals surface area contributed by atoms with Gasteiger partial charge in [0.2, 0.25) is 0 Å². The molecule has 0 aliphatic carbocycles. The molecule has 1 rings (SSSR count). The molecule has 1 saturated heterocycles. The predicted octanol–water partition coefficient (Wildman–Crippen LogP) is 3.76. The molecule has 1 atom stereocenters. The maximum absolute atomic E-state index is 12.2. The van der Waals surface area contributed by atoms with E-state index >= 15 is 0 Å². The summed E-state index contributed by atoms with van der Waals surface area (Å²) in [6.07, 6.45) is 2.67. The second-order valence-corrected chi connectivity index (χ2v) is 7.38. The molecule has 1 heterocycles. The number of nitrogens with zero attached hydrogens (tertiary/aromatic N) is 1. The Hall–Kier alpha value is -1.26. The molecular weight excluding hydrogens is 282 g/mol. The number of likely N-dealkylation sites (tertiary alicyclic amines) is 1. The molecule has 1 fully saturated rings. The zero-order valence-corrected chi connectivity index (χ0v) is 14.9. The van der Waals surface area contributed by atoms with Crippen LogP contribution in [0.4, 0.5) is 4.79 Å². The minimum absolute atomic E-state index is 0.193. The lowest BCUT2D eigenvalue weighted by Gasteiger charge is -2.28. The molecule has 0 spiro atoms. The second-order valence-electron chi connectivity index (χ2n) is 7.38. The van der Waals surface area contributed by atoms with Crippen LogP contribution in [0.25, 0.3) is 0 Å². The van der Waals surface area contributed by atoms with Gasteiger partial charge in [0, 0.05) is 13.0 Å². The van der Waals surface area contributed by atoms with Crippen LogP contribution in [0.3, 0.4) is 0 Å². The third kappa shape index (κ3) is 5.18. The van der Waals surface area contributed by atoms with Crippen molar-refractivity contribution < 1.29 is 19.1 Å². The molecule has 0 radical (unpaired) electrons. The number of ether oxygens (including phenoxy) is 2. The number of hydrogen-bond donors (Lipinski definition) is 0. The molecule has 1 aliphatic heterocycles. The summed E-state index contributed by atoms with van der Waals surface area (Å²) in [5.74, 6) is -0.193. The SMILES string of the molecule is CCCC(C)(C)OC(=O)N1CCC(OC(=O)C(C)(C)CC)C1. The fraction of sp³-hybridized carbons (Fsp3) is 0.882. The Balaban J connectivity index is 2.49. The largest absolute Gasteiger partial charge is 0.460 e. The Kier molecular flexibility index (Phi) is 6.27.